The molecule has 0 N–H and O–H groups in total. The second-order valence-electron chi connectivity index (χ2n) is 3.90. The minimum atomic E-state index is 0.261. The molecule has 0 heterocycles. The minimum absolute atomic E-state index is 0.261. The highest BCUT2D eigenvalue weighted by molar-refractivity contribution is 7.98. The van der Waals surface area contributed by atoms with Crippen LogP contribution in [-0.4, -0.2) is 24.4 Å². The zero-order valence-electron chi connectivity index (χ0n) is 9.49. The van der Waals surface area contributed by atoms with Crippen molar-refractivity contribution >= 4 is 17.5 Å². The molecule has 3 heteroatoms. The number of ether oxygens (including phenoxy) is 1. The van der Waals surface area contributed by atoms with E-state index in [4.69, 9.17) is 4.74 Å². The molecule has 0 bridgehead atoms. The lowest BCUT2D eigenvalue weighted by Gasteiger charge is -2.18. The van der Waals surface area contributed by atoms with Crippen LogP contribution in [0.5, 0.6) is 5.75 Å². The highest BCUT2D eigenvalue weighted by atomic mass is 32.2. The molecule has 0 unspecified atom stereocenters. The normalized spacial score (nSPS) is 14.7. The van der Waals surface area contributed by atoms with Crippen molar-refractivity contribution in [1.29, 1.82) is 0 Å². The van der Waals surface area contributed by atoms with Gasteiger partial charge in [0.15, 0.2) is 5.78 Å². The summed E-state index contributed by atoms with van der Waals surface area (Å²) in [5.41, 5.74) is 1.98. The van der Waals surface area contributed by atoms with E-state index >= 15 is 0 Å². The summed E-state index contributed by atoms with van der Waals surface area (Å²) >= 11 is 1.77. The van der Waals surface area contributed by atoms with E-state index in [-0.39, 0.29) is 5.78 Å². The van der Waals surface area contributed by atoms with Crippen LogP contribution in [0.4, 0.5) is 0 Å². The standard InChI is InChI=1S/C13H16O2S/c1-16-9-8-15-13-7-3-4-10-11(13)5-2-6-12(10)14/h3-4,7H,2,5-6,8-9H2,1H3. The third-order valence-corrected chi connectivity index (χ3v) is 3.38. The molecule has 0 aromatic heterocycles. The summed E-state index contributed by atoms with van der Waals surface area (Å²) in [5, 5.41) is 0. The number of carbonyl (C=O) groups excluding carboxylic acids is 1. The third-order valence-electron chi connectivity index (χ3n) is 2.81. The number of hydrogen-bond acceptors (Lipinski definition) is 3. The molecule has 0 aliphatic heterocycles. The van der Waals surface area contributed by atoms with Crippen LogP contribution in [0.3, 0.4) is 0 Å². The van der Waals surface area contributed by atoms with E-state index in [9.17, 15) is 4.79 Å². The number of Topliss-reactive ketones (excluding diaryl/α,β-unsaturated/α-hetero) is 1. The summed E-state index contributed by atoms with van der Waals surface area (Å²) in [6, 6.07) is 5.80. The molecule has 16 heavy (non-hydrogen) atoms. The second-order valence-corrected chi connectivity index (χ2v) is 4.89. The summed E-state index contributed by atoms with van der Waals surface area (Å²) in [6.45, 7) is 0.714. The number of thioether (sulfide) groups is 1. The van der Waals surface area contributed by atoms with Gasteiger partial charge in [0.1, 0.15) is 5.75 Å². The highest BCUT2D eigenvalue weighted by Crippen LogP contribution is 2.29. The van der Waals surface area contributed by atoms with E-state index in [1.54, 1.807) is 11.8 Å². The van der Waals surface area contributed by atoms with Gasteiger partial charge in [-0.1, -0.05) is 12.1 Å². The maximum atomic E-state index is 11.7. The summed E-state index contributed by atoms with van der Waals surface area (Å²) < 4.78 is 5.72. The second kappa shape index (κ2) is 5.39. The zero-order valence-corrected chi connectivity index (χ0v) is 10.3. The predicted molar refractivity (Wildman–Crippen MR) is 67.6 cm³/mol. The Morgan fingerprint density at radius 3 is 3.06 bits per heavy atom. The van der Waals surface area contributed by atoms with E-state index in [0.717, 1.165) is 35.5 Å². The monoisotopic (exact) mass is 236 g/mol. The largest absolute Gasteiger partial charge is 0.492 e. The molecule has 0 saturated carbocycles. The first-order valence-corrected chi connectivity index (χ1v) is 6.99. The van der Waals surface area contributed by atoms with E-state index in [1.165, 1.54) is 0 Å². The van der Waals surface area contributed by atoms with Crippen LogP contribution >= 0.6 is 11.8 Å². The van der Waals surface area contributed by atoms with Gasteiger partial charge < -0.3 is 4.74 Å². The minimum Gasteiger partial charge on any atom is -0.492 e. The lowest BCUT2D eigenvalue weighted by Crippen LogP contribution is -2.13. The van der Waals surface area contributed by atoms with Gasteiger partial charge in [-0.05, 0) is 25.2 Å². The fraction of sp³-hybridized carbons (Fsp3) is 0.462. The van der Waals surface area contributed by atoms with Gasteiger partial charge in [0.2, 0.25) is 0 Å². The SMILES string of the molecule is CSCCOc1cccc2c1CCCC2=O. The fourth-order valence-electron chi connectivity index (χ4n) is 2.02. The Morgan fingerprint density at radius 2 is 2.25 bits per heavy atom. The van der Waals surface area contributed by atoms with Crippen molar-refractivity contribution in [2.24, 2.45) is 0 Å². The van der Waals surface area contributed by atoms with E-state index < -0.39 is 0 Å². The first-order valence-electron chi connectivity index (χ1n) is 5.59. The van der Waals surface area contributed by atoms with Crippen LogP contribution in [0.1, 0.15) is 28.8 Å². The Morgan fingerprint density at radius 1 is 1.38 bits per heavy atom. The molecule has 0 radical (unpaired) electrons. The average molecular weight is 236 g/mol. The van der Waals surface area contributed by atoms with E-state index in [2.05, 4.69) is 6.26 Å². The van der Waals surface area contributed by atoms with Crippen LogP contribution in [-0.2, 0) is 6.42 Å². The van der Waals surface area contributed by atoms with Crippen LogP contribution < -0.4 is 4.74 Å². The number of hydrogen-bond donors (Lipinski definition) is 0. The van der Waals surface area contributed by atoms with Crippen molar-refractivity contribution < 1.29 is 9.53 Å². The molecular formula is C13H16O2S. The van der Waals surface area contributed by atoms with Gasteiger partial charge in [0.05, 0.1) is 6.61 Å². The molecule has 0 fully saturated rings. The van der Waals surface area contributed by atoms with Gasteiger partial charge in [-0.2, -0.15) is 11.8 Å². The Labute approximate surface area is 100 Å². The summed E-state index contributed by atoms with van der Waals surface area (Å²) in [7, 11) is 0. The van der Waals surface area contributed by atoms with Crippen LogP contribution in [0.2, 0.25) is 0 Å². The Bertz CT molecular complexity index is 388. The Balaban J connectivity index is 2.19. The van der Waals surface area contributed by atoms with Crippen LogP contribution in [0, 0.1) is 0 Å². The maximum Gasteiger partial charge on any atom is 0.163 e. The molecule has 1 aliphatic carbocycles. The maximum absolute atomic E-state index is 11.7. The highest BCUT2D eigenvalue weighted by Gasteiger charge is 2.19. The zero-order chi connectivity index (χ0) is 11.4. The topological polar surface area (TPSA) is 26.3 Å². The quantitative estimate of drug-likeness (QED) is 0.752. The molecule has 1 aromatic rings. The first kappa shape index (κ1) is 11.5. The Kier molecular flexibility index (Phi) is 3.88. The van der Waals surface area contributed by atoms with Gasteiger partial charge in [-0.3, -0.25) is 4.79 Å². The fourth-order valence-corrected chi connectivity index (χ4v) is 2.27. The lowest BCUT2D eigenvalue weighted by atomic mass is 9.90. The van der Waals surface area contributed by atoms with Gasteiger partial charge in [0.25, 0.3) is 0 Å². The summed E-state index contributed by atoms with van der Waals surface area (Å²) in [6.07, 6.45) is 4.67. The molecule has 0 amide bonds. The number of ketones is 1. The molecule has 0 saturated heterocycles. The van der Waals surface area contributed by atoms with Crippen molar-refractivity contribution in [1.82, 2.24) is 0 Å². The average Bonchev–Trinajstić information content (AvgIpc) is 2.31. The summed E-state index contributed by atoms with van der Waals surface area (Å²) in [5.74, 6) is 2.15. The van der Waals surface area contributed by atoms with Gasteiger partial charge in [-0.25, -0.2) is 0 Å². The molecule has 1 aliphatic rings. The van der Waals surface area contributed by atoms with Gasteiger partial charge in [-0.15, -0.1) is 0 Å². The van der Waals surface area contributed by atoms with E-state index in [0.29, 0.717) is 13.0 Å². The van der Waals surface area contributed by atoms with Gasteiger partial charge >= 0.3 is 0 Å². The van der Waals surface area contributed by atoms with Crippen LogP contribution in [0.15, 0.2) is 18.2 Å². The smallest absolute Gasteiger partial charge is 0.163 e. The number of rotatable bonds is 4. The molecule has 0 atom stereocenters. The molecule has 0 spiro atoms. The first-order chi connectivity index (χ1) is 7.83. The van der Waals surface area contributed by atoms with Crippen molar-refractivity contribution in [2.75, 3.05) is 18.6 Å². The van der Waals surface area contributed by atoms with E-state index in [1.807, 2.05) is 18.2 Å². The lowest BCUT2D eigenvalue weighted by molar-refractivity contribution is 0.0971. The molecular weight excluding hydrogens is 220 g/mol. The Hall–Kier alpha value is -0.960. The molecule has 86 valence electrons. The molecule has 2 rings (SSSR count). The van der Waals surface area contributed by atoms with Gasteiger partial charge in [0, 0.05) is 23.3 Å². The number of carbonyl (C=O) groups is 1. The summed E-state index contributed by atoms with van der Waals surface area (Å²) in [4.78, 5) is 11.7. The number of fused-ring (bicyclic) bond motifs is 1. The molecule has 1 aromatic carbocycles. The molecule has 2 nitrogen and oxygen atoms in total. The predicted octanol–water partition coefficient (Wildman–Crippen LogP) is 2.95. The van der Waals surface area contributed by atoms with Crippen LogP contribution in [0.25, 0.3) is 0 Å². The van der Waals surface area contributed by atoms with Crippen molar-refractivity contribution in [2.45, 2.75) is 19.3 Å². The van der Waals surface area contributed by atoms with Crippen molar-refractivity contribution in [3.63, 3.8) is 0 Å². The van der Waals surface area contributed by atoms with Crippen molar-refractivity contribution in [3.05, 3.63) is 29.3 Å². The van der Waals surface area contributed by atoms with Crippen molar-refractivity contribution in [3.8, 4) is 5.75 Å². The number of benzene rings is 1. The third kappa shape index (κ3) is 2.40.